The van der Waals surface area contributed by atoms with Crippen LogP contribution in [0.4, 0.5) is 0 Å². The van der Waals surface area contributed by atoms with Gasteiger partial charge in [0.1, 0.15) is 30.2 Å². The van der Waals surface area contributed by atoms with Crippen LogP contribution in [0.15, 0.2) is 27.9 Å². The van der Waals surface area contributed by atoms with Crippen LogP contribution in [0.5, 0.6) is 5.75 Å². The van der Waals surface area contributed by atoms with Gasteiger partial charge in [-0.15, -0.1) is 0 Å². The van der Waals surface area contributed by atoms with Crippen LogP contribution >= 0.6 is 0 Å². The predicted octanol–water partition coefficient (Wildman–Crippen LogP) is 1.51. The number of hydrogen-bond donors (Lipinski definition) is 2. The van der Waals surface area contributed by atoms with Crippen molar-refractivity contribution in [1.29, 1.82) is 0 Å². The summed E-state index contributed by atoms with van der Waals surface area (Å²) in [6.45, 7) is 5.22. The van der Waals surface area contributed by atoms with Gasteiger partial charge in [-0.05, 0) is 31.5 Å². The molecule has 1 aliphatic heterocycles. The summed E-state index contributed by atoms with van der Waals surface area (Å²) in [4.78, 5) is 20.5. The number of H-pyrrole nitrogens is 1. The molecule has 1 saturated heterocycles. The van der Waals surface area contributed by atoms with E-state index in [0.717, 1.165) is 6.42 Å². The third kappa shape index (κ3) is 4.45. The third-order valence-corrected chi connectivity index (χ3v) is 7.95. The second-order valence-electron chi connectivity index (χ2n) is 8.71. The Bertz CT molecular complexity index is 1370. The normalized spacial score (nSPS) is 16.7. The molecule has 0 aliphatic carbocycles. The second-order valence-corrected chi connectivity index (χ2v) is 10.7. The fourth-order valence-corrected chi connectivity index (χ4v) is 5.63. The first-order valence-corrected chi connectivity index (χ1v) is 12.8. The smallest absolute Gasteiger partial charge is 0.277 e. The Morgan fingerprint density at radius 2 is 1.94 bits per heavy atom. The molecule has 184 valence electrons. The standard InChI is InChI=1S/C22H30N6O5S/c1-5-7-17-19-20(26(3)25-17)22(29)24-21(23-19)16-14-15(8-9-18(16)33-6-2)34(31,32)27-10-12-28(4,30)13-11-27/h8-9,14,30H,5-7,10-13H2,1-4H3/p+1. The van der Waals surface area contributed by atoms with Crippen LogP contribution in [-0.2, 0) is 23.5 Å². The van der Waals surface area contributed by atoms with E-state index >= 15 is 0 Å². The van der Waals surface area contributed by atoms with Crippen molar-refractivity contribution in [2.45, 2.75) is 31.6 Å². The number of hydrogen-bond acceptors (Lipinski definition) is 7. The number of sulfonamides is 1. The lowest BCUT2D eigenvalue weighted by Gasteiger charge is -2.35. The third-order valence-electron chi connectivity index (χ3n) is 6.06. The number of aromatic nitrogens is 4. The zero-order valence-electron chi connectivity index (χ0n) is 19.9. The first-order chi connectivity index (χ1) is 16.1. The summed E-state index contributed by atoms with van der Waals surface area (Å²) in [5.74, 6) is 0.643. The molecule has 3 aromatic rings. The lowest BCUT2D eigenvalue weighted by molar-refractivity contribution is -1.09. The van der Waals surface area contributed by atoms with Gasteiger partial charge in [0.25, 0.3) is 5.56 Å². The maximum absolute atomic E-state index is 13.4. The molecule has 2 N–H and O–H groups in total. The highest BCUT2D eigenvalue weighted by atomic mass is 32.2. The van der Waals surface area contributed by atoms with E-state index in [1.807, 2.05) is 13.8 Å². The van der Waals surface area contributed by atoms with Gasteiger partial charge in [0.05, 0.1) is 42.9 Å². The van der Waals surface area contributed by atoms with Gasteiger partial charge in [0.15, 0.2) is 5.52 Å². The summed E-state index contributed by atoms with van der Waals surface area (Å²) in [6, 6.07) is 4.57. The van der Waals surface area contributed by atoms with Gasteiger partial charge in [-0.2, -0.15) is 14.1 Å². The van der Waals surface area contributed by atoms with Gasteiger partial charge >= 0.3 is 0 Å². The average molecular weight is 492 g/mol. The molecule has 34 heavy (non-hydrogen) atoms. The van der Waals surface area contributed by atoms with E-state index in [4.69, 9.17) is 4.74 Å². The van der Waals surface area contributed by atoms with Crippen LogP contribution in [0.25, 0.3) is 22.4 Å². The largest absolute Gasteiger partial charge is 0.493 e. The molecule has 4 rings (SSSR count). The Balaban J connectivity index is 1.83. The zero-order chi connectivity index (χ0) is 24.7. The first kappa shape index (κ1) is 24.3. The Kier molecular flexibility index (Phi) is 6.51. The van der Waals surface area contributed by atoms with Crippen molar-refractivity contribution in [1.82, 2.24) is 24.1 Å². The van der Waals surface area contributed by atoms with Crippen LogP contribution in [0.3, 0.4) is 0 Å². The topological polar surface area (TPSA) is 130 Å². The highest BCUT2D eigenvalue weighted by Gasteiger charge is 2.35. The van der Waals surface area contributed by atoms with Crippen LogP contribution in [0.2, 0.25) is 0 Å². The van der Waals surface area contributed by atoms with Crippen molar-refractivity contribution < 1.29 is 23.0 Å². The maximum atomic E-state index is 13.4. The number of nitrogens with one attached hydrogen (secondary N) is 1. The molecular weight excluding hydrogens is 460 g/mol. The number of aryl methyl sites for hydroxylation is 2. The predicted molar refractivity (Wildman–Crippen MR) is 126 cm³/mol. The fourth-order valence-electron chi connectivity index (χ4n) is 4.18. The molecule has 11 nitrogen and oxygen atoms in total. The van der Waals surface area contributed by atoms with Crippen molar-refractivity contribution in [2.24, 2.45) is 7.05 Å². The summed E-state index contributed by atoms with van der Waals surface area (Å²) in [7, 11) is -0.464. The van der Waals surface area contributed by atoms with E-state index < -0.39 is 10.0 Å². The minimum absolute atomic E-state index is 0.0720. The van der Waals surface area contributed by atoms with Crippen LogP contribution in [0.1, 0.15) is 26.0 Å². The Hall–Kier alpha value is -2.80. The first-order valence-electron chi connectivity index (χ1n) is 11.4. The molecule has 1 aliphatic rings. The van der Waals surface area contributed by atoms with Crippen molar-refractivity contribution in [3.8, 4) is 17.1 Å². The Morgan fingerprint density at radius 1 is 1.24 bits per heavy atom. The van der Waals surface area contributed by atoms with Crippen molar-refractivity contribution in [3.05, 3.63) is 34.2 Å². The highest BCUT2D eigenvalue weighted by Crippen LogP contribution is 2.32. The molecule has 12 heteroatoms. The van der Waals surface area contributed by atoms with E-state index in [9.17, 15) is 18.4 Å². The summed E-state index contributed by atoms with van der Waals surface area (Å²) in [5.41, 5.74) is 1.60. The van der Waals surface area contributed by atoms with E-state index in [1.54, 1.807) is 20.2 Å². The molecule has 0 radical (unpaired) electrons. The van der Waals surface area contributed by atoms with Gasteiger partial charge in [0, 0.05) is 7.05 Å². The zero-order valence-corrected chi connectivity index (χ0v) is 20.7. The lowest BCUT2D eigenvalue weighted by Crippen LogP contribution is -2.56. The van der Waals surface area contributed by atoms with Gasteiger partial charge < -0.3 is 9.72 Å². The van der Waals surface area contributed by atoms with Crippen LogP contribution < -0.4 is 10.3 Å². The van der Waals surface area contributed by atoms with Crippen molar-refractivity contribution >= 4 is 21.1 Å². The van der Waals surface area contributed by atoms with Crippen LogP contribution in [0, 0.1) is 0 Å². The Morgan fingerprint density at radius 3 is 2.59 bits per heavy atom. The molecule has 0 bridgehead atoms. The summed E-state index contributed by atoms with van der Waals surface area (Å²) in [5, 5.41) is 14.6. The average Bonchev–Trinajstić information content (AvgIpc) is 3.09. The van der Waals surface area contributed by atoms with E-state index in [0.29, 0.717) is 54.2 Å². The summed E-state index contributed by atoms with van der Waals surface area (Å²) < 4.78 is 35.1. The van der Waals surface area contributed by atoms with Gasteiger partial charge in [-0.25, -0.2) is 18.6 Å². The van der Waals surface area contributed by atoms with E-state index in [-0.39, 0.29) is 34.0 Å². The number of benzene rings is 1. The fraction of sp³-hybridized carbons (Fsp3) is 0.500. The molecule has 0 unspecified atom stereocenters. The number of quaternary nitrogens is 1. The molecular formula is C22H31N6O5S+. The molecule has 3 heterocycles. The van der Waals surface area contributed by atoms with Crippen LogP contribution in [-0.4, -0.2) is 82.2 Å². The molecule has 0 spiro atoms. The number of fused-ring (bicyclic) bond motifs is 1. The summed E-state index contributed by atoms with van der Waals surface area (Å²) >= 11 is 0. The summed E-state index contributed by atoms with van der Waals surface area (Å²) in [6.07, 6.45) is 1.51. The molecule has 0 atom stereocenters. The number of rotatable bonds is 7. The second kappa shape index (κ2) is 9.10. The quantitative estimate of drug-likeness (QED) is 0.479. The lowest BCUT2D eigenvalue weighted by atomic mass is 10.1. The Labute approximate surface area is 198 Å². The highest BCUT2D eigenvalue weighted by molar-refractivity contribution is 7.89. The number of likely N-dealkylation sites (N-methyl/N-ethyl adjacent to an activating group) is 1. The van der Waals surface area contributed by atoms with Crippen molar-refractivity contribution in [2.75, 3.05) is 39.8 Å². The number of aromatic amines is 1. The van der Waals surface area contributed by atoms with Gasteiger partial charge in [-0.1, -0.05) is 13.3 Å². The monoisotopic (exact) mass is 491 g/mol. The van der Waals surface area contributed by atoms with Gasteiger partial charge in [0.2, 0.25) is 10.0 Å². The molecule has 0 amide bonds. The molecule has 2 aromatic heterocycles. The van der Waals surface area contributed by atoms with Crippen molar-refractivity contribution in [3.63, 3.8) is 0 Å². The maximum Gasteiger partial charge on any atom is 0.277 e. The number of ether oxygens (including phenoxy) is 1. The SMILES string of the molecule is CCCc1nn(C)c2c(=O)[nH]c(-c3cc(S(=O)(=O)N4CC[N+](C)(O)CC4)ccc3OCC)nc12. The number of nitrogens with zero attached hydrogens (tertiary/aromatic N) is 5. The molecule has 0 saturated carbocycles. The number of piperazine rings is 1. The minimum atomic E-state index is -3.82. The van der Waals surface area contributed by atoms with Gasteiger partial charge in [-0.3, -0.25) is 9.48 Å². The van der Waals surface area contributed by atoms with E-state index in [1.165, 1.54) is 21.1 Å². The molecule has 1 aromatic carbocycles. The minimum Gasteiger partial charge on any atom is -0.493 e. The van der Waals surface area contributed by atoms with E-state index in [2.05, 4.69) is 15.1 Å². The molecule has 1 fully saturated rings. The number of hydroxylamine groups is 3.